The van der Waals surface area contributed by atoms with Gasteiger partial charge in [0.25, 0.3) is 0 Å². The van der Waals surface area contributed by atoms with Gasteiger partial charge in [-0.05, 0) is 96.1 Å². The van der Waals surface area contributed by atoms with Gasteiger partial charge in [-0.1, -0.05) is 86.1 Å². The molecule has 2 heterocycles. The van der Waals surface area contributed by atoms with Gasteiger partial charge in [-0.2, -0.15) is 10.5 Å². The Bertz CT molecular complexity index is 2530. The Kier molecular flexibility index (Phi) is 7.24. The van der Waals surface area contributed by atoms with Crippen molar-refractivity contribution in [1.29, 1.82) is 10.5 Å². The summed E-state index contributed by atoms with van der Waals surface area (Å²) >= 11 is 0. The van der Waals surface area contributed by atoms with Crippen LogP contribution in [0, 0.1) is 22.7 Å². The van der Waals surface area contributed by atoms with Gasteiger partial charge in [-0.3, -0.25) is 0 Å². The molecule has 0 atom stereocenters. The SMILES string of the molecule is C[Si](C)(C)c1ccc2c(c1)c1cc(-c3ccc4c(c3)c3cc([Si](C)(C)C)ccc3n4-c3ccc(C#N)cc3)ccc1n2-c1ccc(C#N)cc1. The molecule has 0 amide bonds. The predicted octanol–water partition coefficient (Wildman–Crippen LogP) is 10.4. The second-order valence-electron chi connectivity index (χ2n) is 15.4. The Morgan fingerprint density at radius 1 is 0.400 bits per heavy atom. The van der Waals surface area contributed by atoms with Crippen LogP contribution in [-0.4, -0.2) is 25.3 Å². The molecule has 242 valence electrons. The fraction of sp³-hybridized carbons (Fsp3) is 0.136. The van der Waals surface area contributed by atoms with Crippen molar-refractivity contribution in [1.82, 2.24) is 9.13 Å². The van der Waals surface area contributed by atoms with E-state index in [-0.39, 0.29) is 0 Å². The van der Waals surface area contributed by atoms with Crippen LogP contribution in [0.2, 0.25) is 39.3 Å². The molecule has 0 bridgehead atoms. The van der Waals surface area contributed by atoms with Crippen molar-refractivity contribution < 1.29 is 0 Å². The van der Waals surface area contributed by atoms with Gasteiger partial charge < -0.3 is 9.13 Å². The summed E-state index contributed by atoms with van der Waals surface area (Å²) in [5, 5.41) is 26.7. The second-order valence-corrected chi connectivity index (χ2v) is 25.6. The normalized spacial score (nSPS) is 12.2. The van der Waals surface area contributed by atoms with Crippen LogP contribution in [0.5, 0.6) is 0 Å². The topological polar surface area (TPSA) is 57.4 Å². The predicted molar refractivity (Wildman–Crippen MR) is 216 cm³/mol. The van der Waals surface area contributed by atoms with Gasteiger partial charge in [0.2, 0.25) is 0 Å². The Hall–Kier alpha value is -5.67. The molecule has 0 aliphatic carbocycles. The van der Waals surface area contributed by atoms with Crippen molar-refractivity contribution in [3.8, 4) is 34.6 Å². The van der Waals surface area contributed by atoms with E-state index in [2.05, 4.69) is 133 Å². The first-order valence-corrected chi connectivity index (χ1v) is 24.1. The van der Waals surface area contributed by atoms with Crippen molar-refractivity contribution in [3.63, 3.8) is 0 Å². The summed E-state index contributed by atoms with van der Waals surface area (Å²) in [5.74, 6) is 0. The highest BCUT2D eigenvalue weighted by Crippen LogP contribution is 2.38. The van der Waals surface area contributed by atoms with Crippen LogP contribution in [0.25, 0.3) is 66.1 Å². The highest BCUT2D eigenvalue weighted by atomic mass is 28.3. The fourth-order valence-corrected chi connectivity index (χ4v) is 9.59. The molecule has 4 nitrogen and oxygen atoms in total. The molecule has 6 heteroatoms. The molecule has 0 aliphatic rings. The summed E-state index contributed by atoms with van der Waals surface area (Å²) in [6.07, 6.45) is 0. The summed E-state index contributed by atoms with van der Waals surface area (Å²) < 4.78 is 4.66. The summed E-state index contributed by atoms with van der Waals surface area (Å²) in [5.41, 5.74) is 10.4. The Morgan fingerprint density at radius 2 is 0.720 bits per heavy atom. The van der Waals surface area contributed by atoms with E-state index in [0.29, 0.717) is 11.1 Å². The summed E-state index contributed by atoms with van der Waals surface area (Å²) in [7, 11) is -3.13. The van der Waals surface area contributed by atoms with E-state index in [1.807, 2.05) is 48.5 Å². The zero-order chi connectivity index (χ0) is 34.9. The third-order valence-corrected chi connectivity index (χ3v) is 14.2. The van der Waals surface area contributed by atoms with Crippen molar-refractivity contribution >= 4 is 70.1 Å². The molecule has 0 radical (unpaired) electrons. The molecule has 0 unspecified atom stereocenters. The fourth-order valence-electron chi connectivity index (χ4n) is 7.27. The van der Waals surface area contributed by atoms with Crippen molar-refractivity contribution in [2.24, 2.45) is 0 Å². The molecule has 0 spiro atoms. The number of rotatable bonds is 5. The first-order valence-electron chi connectivity index (χ1n) is 17.1. The third-order valence-electron chi connectivity index (χ3n) is 10.1. The number of nitriles is 2. The average Bonchev–Trinajstić information content (AvgIpc) is 3.62. The number of fused-ring (bicyclic) bond motifs is 6. The average molecular weight is 679 g/mol. The van der Waals surface area contributed by atoms with Crippen LogP contribution >= 0.6 is 0 Å². The van der Waals surface area contributed by atoms with Crippen LogP contribution in [-0.2, 0) is 0 Å². The molecule has 0 N–H and O–H groups in total. The molecule has 2 aromatic heterocycles. The van der Waals surface area contributed by atoms with Crippen molar-refractivity contribution in [3.05, 3.63) is 132 Å². The largest absolute Gasteiger partial charge is 0.309 e. The van der Waals surface area contributed by atoms with Crippen LogP contribution in [0.15, 0.2) is 121 Å². The van der Waals surface area contributed by atoms with E-state index in [0.717, 1.165) is 22.4 Å². The maximum atomic E-state index is 9.44. The van der Waals surface area contributed by atoms with E-state index in [1.54, 1.807) is 0 Å². The summed E-state index contributed by atoms with van der Waals surface area (Å²) in [4.78, 5) is 0. The lowest BCUT2D eigenvalue weighted by molar-refractivity contribution is 1.18. The Labute approximate surface area is 295 Å². The molecule has 0 fully saturated rings. The molecule has 0 saturated heterocycles. The van der Waals surface area contributed by atoms with Gasteiger partial charge >= 0.3 is 0 Å². The zero-order valence-electron chi connectivity index (χ0n) is 29.3. The van der Waals surface area contributed by atoms with Gasteiger partial charge in [0.05, 0.1) is 61.5 Å². The van der Waals surface area contributed by atoms with E-state index < -0.39 is 16.1 Å². The van der Waals surface area contributed by atoms with E-state index in [9.17, 15) is 10.5 Å². The van der Waals surface area contributed by atoms with Crippen LogP contribution < -0.4 is 10.4 Å². The van der Waals surface area contributed by atoms with Crippen molar-refractivity contribution in [2.45, 2.75) is 39.3 Å². The summed E-state index contributed by atoms with van der Waals surface area (Å²) in [6.45, 7) is 14.4. The third kappa shape index (κ3) is 5.17. The van der Waals surface area contributed by atoms with Crippen molar-refractivity contribution in [2.75, 3.05) is 0 Å². The minimum Gasteiger partial charge on any atom is -0.309 e. The maximum Gasteiger partial charge on any atom is 0.0991 e. The number of aromatic nitrogens is 2. The van der Waals surface area contributed by atoms with Crippen LogP contribution in [0.4, 0.5) is 0 Å². The Morgan fingerprint density at radius 3 is 1.04 bits per heavy atom. The highest BCUT2D eigenvalue weighted by Gasteiger charge is 2.22. The lowest BCUT2D eigenvalue weighted by Gasteiger charge is -2.17. The zero-order valence-corrected chi connectivity index (χ0v) is 31.3. The standard InChI is InChI=1S/C44H38N4Si2/c1-49(2,3)35-17-21-43-39(25-35)37-23-31(11-19-41(37)47(43)33-13-7-29(27-45)8-14-33)32-12-20-42-38(24-32)40-26-36(50(4,5)6)18-22-44(40)48(42)34-15-9-30(28-46)10-16-34/h7-26H,1-6H3. The minimum absolute atomic E-state index is 0.658. The van der Waals surface area contributed by atoms with Gasteiger partial charge in [0.1, 0.15) is 0 Å². The lowest BCUT2D eigenvalue weighted by atomic mass is 10.0. The minimum atomic E-state index is -1.56. The molecular formula is C44H38N4Si2. The first-order chi connectivity index (χ1) is 23.9. The smallest absolute Gasteiger partial charge is 0.0991 e. The van der Waals surface area contributed by atoms with Gasteiger partial charge in [-0.15, -0.1) is 0 Å². The second kappa shape index (κ2) is 11.5. The van der Waals surface area contributed by atoms with E-state index in [1.165, 1.54) is 54.1 Å². The van der Waals surface area contributed by atoms with Crippen LogP contribution in [0.1, 0.15) is 11.1 Å². The highest BCUT2D eigenvalue weighted by molar-refractivity contribution is 6.89. The molecule has 0 saturated carbocycles. The maximum absolute atomic E-state index is 9.44. The lowest BCUT2D eigenvalue weighted by Crippen LogP contribution is -2.37. The molecular weight excluding hydrogens is 641 g/mol. The molecule has 50 heavy (non-hydrogen) atoms. The molecule has 8 rings (SSSR count). The molecule has 0 aliphatic heterocycles. The summed E-state index contributed by atoms with van der Waals surface area (Å²) in [6, 6.07) is 48.0. The number of hydrogen-bond donors (Lipinski definition) is 0. The van der Waals surface area contributed by atoms with E-state index in [4.69, 9.17) is 0 Å². The number of hydrogen-bond acceptors (Lipinski definition) is 2. The molecule has 8 aromatic rings. The number of nitrogens with zero attached hydrogens (tertiary/aromatic N) is 4. The van der Waals surface area contributed by atoms with Gasteiger partial charge in [0.15, 0.2) is 0 Å². The van der Waals surface area contributed by atoms with E-state index >= 15 is 0 Å². The molecule has 6 aromatic carbocycles. The van der Waals surface area contributed by atoms with Gasteiger partial charge in [-0.25, -0.2) is 0 Å². The first kappa shape index (κ1) is 31.6. The van der Waals surface area contributed by atoms with Crippen LogP contribution in [0.3, 0.4) is 0 Å². The number of benzene rings is 6. The monoisotopic (exact) mass is 678 g/mol. The van der Waals surface area contributed by atoms with Gasteiger partial charge in [0, 0.05) is 32.9 Å². The Balaban J connectivity index is 1.37. The quantitative estimate of drug-likeness (QED) is 0.170.